The minimum atomic E-state index is -2.55. The highest BCUT2D eigenvalue weighted by atomic mass is 19.3. The molecule has 1 aromatic rings. The van der Waals surface area contributed by atoms with Crippen LogP contribution in [0.15, 0.2) is 12.4 Å². The fourth-order valence-corrected chi connectivity index (χ4v) is 3.34. The van der Waals surface area contributed by atoms with Gasteiger partial charge < -0.3 is 15.1 Å². The maximum atomic E-state index is 12.9. The molecule has 2 aliphatic heterocycles. The summed E-state index contributed by atoms with van der Waals surface area (Å²) in [6.45, 7) is 5.30. The van der Waals surface area contributed by atoms with E-state index in [9.17, 15) is 13.6 Å². The van der Waals surface area contributed by atoms with Gasteiger partial charge >= 0.3 is 6.55 Å². The maximum Gasteiger partial charge on any atom is 0.319 e. The number of carbonyl (C=O) groups excluding carboxylic acids is 1. The predicted octanol–water partition coefficient (Wildman–Crippen LogP) is 0.218. The highest BCUT2D eigenvalue weighted by Crippen LogP contribution is 2.15. The van der Waals surface area contributed by atoms with Crippen LogP contribution in [0, 0.1) is 0 Å². The van der Waals surface area contributed by atoms with Crippen molar-refractivity contribution in [1.29, 1.82) is 0 Å². The van der Waals surface area contributed by atoms with Gasteiger partial charge in [-0.05, 0) is 0 Å². The molecule has 25 heavy (non-hydrogen) atoms. The fourth-order valence-electron chi connectivity index (χ4n) is 3.34. The van der Waals surface area contributed by atoms with Crippen LogP contribution >= 0.6 is 0 Å². The number of hydrogen-bond donors (Lipinski definition) is 1. The van der Waals surface area contributed by atoms with Gasteiger partial charge in [0.25, 0.3) is 0 Å². The van der Waals surface area contributed by atoms with Crippen molar-refractivity contribution < 1.29 is 13.6 Å². The van der Waals surface area contributed by atoms with E-state index in [2.05, 4.69) is 20.1 Å². The molecule has 2 aliphatic rings. The summed E-state index contributed by atoms with van der Waals surface area (Å²) in [4.78, 5) is 22.6. The first kappa shape index (κ1) is 18.2. The van der Waals surface area contributed by atoms with Gasteiger partial charge in [0.15, 0.2) is 0 Å². The molecule has 0 bridgehead atoms. The lowest BCUT2D eigenvalue weighted by Crippen LogP contribution is -2.49. The van der Waals surface area contributed by atoms with Crippen LogP contribution in [0.2, 0.25) is 0 Å². The summed E-state index contributed by atoms with van der Waals surface area (Å²) in [5, 5.41) is 3.25. The second-order valence-electron chi connectivity index (χ2n) is 6.53. The van der Waals surface area contributed by atoms with Gasteiger partial charge in [-0.25, -0.2) is 4.98 Å². The van der Waals surface area contributed by atoms with E-state index in [0.29, 0.717) is 18.8 Å². The number of piperazine rings is 2. The number of imidazole rings is 1. The van der Waals surface area contributed by atoms with E-state index in [4.69, 9.17) is 0 Å². The van der Waals surface area contributed by atoms with Gasteiger partial charge in [0.05, 0.1) is 6.54 Å². The zero-order chi connectivity index (χ0) is 17.6. The lowest BCUT2D eigenvalue weighted by molar-refractivity contribution is -0.132. The van der Waals surface area contributed by atoms with Gasteiger partial charge in [-0.2, -0.15) is 8.78 Å². The zero-order valence-electron chi connectivity index (χ0n) is 14.4. The van der Waals surface area contributed by atoms with Crippen LogP contribution < -0.4 is 5.32 Å². The molecular weight excluding hydrogens is 330 g/mol. The summed E-state index contributed by atoms with van der Waals surface area (Å²) in [7, 11) is 0. The molecule has 3 heterocycles. The number of carbonyl (C=O) groups is 1. The number of halogens is 2. The van der Waals surface area contributed by atoms with Gasteiger partial charge in [0.2, 0.25) is 5.91 Å². The molecule has 3 rings (SSSR count). The average Bonchev–Trinajstić information content (AvgIpc) is 3.10. The van der Waals surface area contributed by atoms with E-state index in [0.717, 1.165) is 63.5 Å². The van der Waals surface area contributed by atoms with Crippen molar-refractivity contribution in [3.63, 3.8) is 0 Å². The Bertz CT molecular complexity index is 553. The van der Waals surface area contributed by atoms with Crippen molar-refractivity contribution in [2.75, 3.05) is 58.9 Å². The summed E-state index contributed by atoms with van der Waals surface area (Å²) in [5.74, 6) is 0.625. The minimum absolute atomic E-state index is 0.225. The monoisotopic (exact) mass is 356 g/mol. The molecule has 1 amide bonds. The van der Waals surface area contributed by atoms with Crippen LogP contribution in [-0.4, -0.2) is 89.1 Å². The number of hydrogen-bond acceptors (Lipinski definition) is 5. The zero-order valence-corrected chi connectivity index (χ0v) is 14.4. The summed E-state index contributed by atoms with van der Waals surface area (Å²) >= 11 is 0. The van der Waals surface area contributed by atoms with Gasteiger partial charge in [-0.1, -0.05) is 0 Å². The number of nitrogens with zero attached hydrogens (tertiary/aromatic N) is 5. The van der Waals surface area contributed by atoms with Gasteiger partial charge in [0.1, 0.15) is 5.82 Å². The Balaban J connectivity index is 1.38. The molecule has 1 aromatic heterocycles. The quantitative estimate of drug-likeness (QED) is 0.790. The van der Waals surface area contributed by atoms with E-state index in [1.807, 2.05) is 4.90 Å². The number of aromatic nitrogens is 2. The first-order chi connectivity index (χ1) is 12.1. The van der Waals surface area contributed by atoms with Crippen LogP contribution in [0.5, 0.6) is 0 Å². The van der Waals surface area contributed by atoms with Crippen molar-refractivity contribution in [2.45, 2.75) is 19.5 Å². The molecule has 0 saturated carbocycles. The lowest BCUT2D eigenvalue weighted by Gasteiger charge is -2.35. The van der Waals surface area contributed by atoms with E-state index in [1.54, 1.807) is 0 Å². The molecular formula is C16H26F2N6O. The molecule has 140 valence electrons. The molecule has 0 atom stereocenters. The normalized spacial score (nSPS) is 20.4. The molecule has 0 radical (unpaired) electrons. The van der Waals surface area contributed by atoms with Crippen LogP contribution in [0.25, 0.3) is 0 Å². The van der Waals surface area contributed by atoms with Crippen LogP contribution in [0.1, 0.15) is 18.8 Å². The highest BCUT2D eigenvalue weighted by molar-refractivity contribution is 5.76. The van der Waals surface area contributed by atoms with Crippen molar-refractivity contribution in [3.05, 3.63) is 18.2 Å². The van der Waals surface area contributed by atoms with Crippen molar-refractivity contribution in [3.8, 4) is 0 Å². The van der Waals surface area contributed by atoms with Gasteiger partial charge in [0, 0.05) is 77.7 Å². The Hall–Kier alpha value is -1.58. The summed E-state index contributed by atoms with van der Waals surface area (Å²) < 4.78 is 26.6. The van der Waals surface area contributed by atoms with E-state index in [-0.39, 0.29) is 5.91 Å². The number of nitrogens with one attached hydrogen (secondary N) is 1. The Labute approximate surface area is 146 Å². The Morgan fingerprint density at radius 1 is 1.12 bits per heavy atom. The lowest BCUT2D eigenvalue weighted by atomic mass is 10.2. The Kier molecular flexibility index (Phi) is 6.33. The molecule has 0 aromatic carbocycles. The maximum absolute atomic E-state index is 12.9. The topological polar surface area (TPSA) is 56.6 Å². The third-order valence-corrected chi connectivity index (χ3v) is 4.90. The second-order valence-corrected chi connectivity index (χ2v) is 6.53. The number of alkyl halides is 2. The Morgan fingerprint density at radius 3 is 2.48 bits per heavy atom. The summed E-state index contributed by atoms with van der Waals surface area (Å²) in [5.41, 5.74) is 0. The van der Waals surface area contributed by atoms with Crippen molar-refractivity contribution in [2.24, 2.45) is 0 Å². The molecule has 0 unspecified atom stereocenters. The van der Waals surface area contributed by atoms with Crippen LogP contribution in [0.4, 0.5) is 8.78 Å². The SMILES string of the molecule is O=C(CCN1CCN(Cc2nccn2C(F)F)CC1)N1CCNCC1. The largest absolute Gasteiger partial charge is 0.340 e. The van der Waals surface area contributed by atoms with Crippen molar-refractivity contribution in [1.82, 2.24) is 29.6 Å². The third kappa shape index (κ3) is 4.96. The Morgan fingerprint density at radius 2 is 1.80 bits per heavy atom. The minimum Gasteiger partial charge on any atom is -0.340 e. The molecule has 0 aliphatic carbocycles. The predicted molar refractivity (Wildman–Crippen MR) is 89.3 cm³/mol. The molecule has 2 fully saturated rings. The molecule has 2 saturated heterocycles. The molecule has 9 heteroatoms. The standard InChI is InChI=1S/C16H26F2N6O/c17-16(18)24-8-4-20-14(24)13-22-11-9-21(10-12-22)5-1-15(25)23-6-2-19-3-7-23/h4,8,16,19H,1-3,5-7,9-13H2. The van der Waals surface area contributed by atoms with Gasteiger partial charge in [-0.3, -0.25) is 14.3 Å². The summed E-state index contributed by atoms with van der Waals surface area (Å²) in [6, 6.07) is 0. The third-order valence-electron chi connectivity index (χ3n) is 4.90. The molecule has 0 spiro atoms. The van der Waals surface area contributed by atoms with Crippen molar-refractivity contribution >= 4 is 5.91 Å². The second kappa shape index (κ2) is 8.68. The number of rotatable bonds is 6. The highest BCUT2D eigenvalue weighted by Gasteiger charge is 2.22. The molecule has 1 N–H and O–H groups in total. The molecule has 7 nitrogen and oxygen atoms in total. The van der Waals surface area contributed by atoms with Crippen LogP contribution in [0.3, 0.4) is 0 Å². The number of amides is 1. The van der Waals surface area contributed by atoms with E-state index >= 15 is 0 Å². The van der Waals surface area contributed by atoms with Gasteiger partial charge in [-0.15, -0.1) is 0 Å². The first-order valence-electron chi connectivity index (χ1n) is 8.86. The smallest absolute Gasteiger partial charge is 0.319 e. The van der Waals surface area contributed by atoms with E-state index in [1.165, 1.54) is 12.4 Å². The average molecular weight is 356 g/mol. The fraction of sp³-hybridized carbons (Fsp3) is 0.750. The van der Waals surface area contributed by atoms with Crippen LogP contribution in [-0.2, 0) is 11.3 Å². The first-order valence-corrected chi connectivity index (χ1v) is 8.86. The van der Waals surface area contributed by atoms with E-state index < -0.39 is 6.55 Å². The summed E-state index contributed by atoms with van der Waals surface area (Å²) in [6.07, 6.45) is 3.28.